The quantitative estimate of drug-likeness (QED) is 0.936. The molecule has 1 unspecified atom stereocenters. The largest absolute Gasteiger partial charge is 0.497 e. The highest BCUT2D eigenvalue weighted by Crippen LogP contribution is 2.27. The molecule has 100 valence electrons. The first-order chi connectivity index (χ1) is 9.11. The Morgan fingerprint density at radius 2 is 2.32 bits per heavy atom. The van der Waals surface area contributed by atoms with Gasteiger partial charge in [-0.05, 0) is 35.0 Å². The number of hydrogen-bond donors (Lipinski definition) is 1. The van der Waals surface area contributed by atoms with Crippen molar-refractivity contribution < 1.29 is 9.53 Å². The zero-order chi connectivity index (χ0) is 13.8. The molecule has 0 aliphatic carbocycles. The number of aromatic nitrogens is 3. The Morgan fingerprint density at radius 3 is 2.95 bits per heavy atom. The van der Waals surface area contributed by atoms with Crippen LogP contribution in [0.1, 0.15) is 13.0 Å². The van der Waals surface area contributed by atoms with Gasteiger partial charge in [-0.25, -0.2) is 9.67 Å². The average Bonchev–Trinajstić information content (AvgIpc) is 2.94. The first kappa shape index (κ1) is 13.5. The number of nitrogens with one attached hydrogen (secondary N) is 1. The summed E-state index contributed by atoms with van der Waals surface area (Å²) in [7, 11) is 1.58. The molecule has 19 heavy (non-hydrogen) atoms. The lowest BCUT2D eigenvalue weighted by atomic mass is 10.2. The fraction of sp³-hybridized carbons (Fsp3) is 0.250. The minimum absolute atomic E-state index is 0.181. The van der Waals surface area contributed by atoms with Gasteiger partial charge in [0.25, 0.3) is 0 Å². The summed E-state index contributed by atoms with van der Waals surface area (Å²) >= 11 is 3.38. The number of hydrogen-bond acceptors (Lipinski definition) is 4. The molecule has 1 aromatic carbocycles. The van der Waals surface area contributed by atoms with Gasteiger partial charge in [0.1, 0.15) is 24.4 Å². The van der Waals surface area contributed by atoms with Gasteiger partial charge in [-0.1, -0.05) is 0 Å². The molecule has 0 aliphatic heterocycles. The topological polar surface area (TPSA) is 69.0 Å². The fourth-order valence-electron chi connectivity index (χ4n) is 1.50. The van der Waals surface area contributed by atoms with Crippen LogP contribution in [0.25, 0.3) is 0 Å². The third-order valence-electron chi connectivity index (χ3n) is 2.64. The van der Waals surface area contributed by atoms with Crippen molar-refractivity contribution in [2.45, 2.75) is 13.0 Å². The van der Waals surface area contributed by atoms with Crippen LogP contribution < -0.4 is 10.1 Å². The molecule has 0 fully saturated rings. The van der Waals surface area contributed by atoms with Crippen molar-refractivity contribution >= 4 is 27.5 Å². The summed E-state index contributed by atoms with van der Waals surface area (Å²) in [6.45, 7) is 1.75. The molecule has 0 bridgehead atoms. The molecule has 6 nitrogen and oxygen atoms in total. The number of benzene rings is 1. The number of halogens is 1. The van der Waals surface area contributed by atoms with Crippen LogP contribution in [0.5, 0.6) is 5.75 Å². The van der Waals surface area contributed by atoms with Crippen LogP contribution in [0.2, 0.25) is 0 Å². The Morgan fingerprint density at radius 1 is 1.53 bits per heavy atom. The maximum atomic E-state index is 12.1. The zero-order valence-corrected chi connectivity index (χ0v) is 12.1. The second kappa shape index (κ2) is 5.83. The highest BCUT2D eigenvalue weighted by atomic mass is 79.9. The van der Waals surface area contributed by atoms with E-state index in [0.717, 1.165) is 4.47 Å². The first-order valence-corrected chi connectivity index (χ1v) is 6.39. The molecule has 0 aliphatic rings. The van der Waals surface area contributed by atoms with Crippen LogP contribution in [-0.2, 0) is 4.79 Å². The van der Waals surface area contributed by atoms with Crippen LogP contribution in [0.4, 0.5) is 5.69 Å². The summed E-state index contributed by atoms with van der Waals surface area (Å²) in [5.74, 6) is 0.492. The first-order valence-electron chi connectivity index (χ1n) is 5.60. The smallest absolute Gasteiger partial charge is 0.249 e. The van der Waals surface area contributed by atoms with E-state index in [0.29, 0.717) is 11.4 Å². The van der Waals surface area contributed by atoms with E-state index in [1.165, 1.54) is 17.3 Å². The summed E-state index contributed by atoms with van der Waals surface area (Å²) < 4.78 is 7.40. The number of carbonyl (C=O) groups excluding carboxylic acids is 1. The number of rotatable bonds is 4. The van der Waals surface area contributed by atoms with Gasteiger partial charge in [-0.3, -0.25) is 4.79 Å². The van der Waals surface area contributed by atoms with E-state index < -0.39 is 6.04 Å². The number of amides is 1. The Kier molecular flexibility index (Phi) is 4.16. The lowest BCUT2D eigenvalue weighted by molar-refractivity contribution is -0.119. The van der Waals surface area contributed by atoms with E-state index >= 15 is 0 Å². The highest BCUT2D eigenvalue weighted by molar-refractivity contribution is 9.10. The molecule has 1 amide bonds. The van der Waals surface area contributed by atoms with Crippen molar-refractivity contribution in [2.75, 3.05) is 12.4 Å². The minimum Gasteiger partial charge on any atom is -0.497 e. The fourth-order valence-corrected chi connectivity index (χ4v) is 1.85. The van der Waals surface area contributed by atoms with Crippen molar-refractivity contribution in [3.63, 3.8) is 0 Å². The summed E-state index contributed by atoms with van der Waals surface area (Å²) in [4.78, 5) is 15.9. The van der Waals surface area contributed by atoms with E-state index in [4.69, 9.17) is 4.74 Å². The molecule has 0 spiro atoms. The predicted octanol–water partition coefficient (Wildman–Crippen LogP) is 2.25. The molecular weight excluding hydrogens is 312 g/mol. The number of methoxy groups -OCH3 is 1. The van der Waals surface area contributed by atoms with Crippen molar-refractivity contribution in [2.24, 2.45) is 0 Å². The second-order valence-corrected chi connectivity index (χ2v) is 4.74. The van der Waals surface area contributed by atoms with Gasteiger partial charge in [-0.2, -0.15) is 5.10 Å². The third kappa shape index (κ3) is 3.11. The van der Waals surface area contributed by atoms with Crippen molar-refractivity contribution in [1.82, 2.24) is 14.8 Å². The maximum absolute atomic E-state index is 12.1. The van der Waals surface area contributed by atoms with Crippen molar-refractivity contribution in [3.8, 4) is 5.75 Å². The molecule has 0 radical (unpaired) electrons. The van der Waals surface area contributed by atoms with Gasteiger partial charge < -0.3 is 10.1 Å². The molecule has 2 rings (SSSR count). The van der Waals surface area contributed by atoms with Crippen LogP contribution >= 0.6 is 15.9 Å². The van der Waals surface area contributed by atoms with E-state index in [-0.39, 0.29) is 5.91 Å². The van der Waals surface area contributed by atoms with Gasteiger partial charge in [0.2, 0.25) is 5.91 Å². The normalized spacial score (nSPS) is 11.9. The van der Waals surface area contributed by atoms with Crippen LogP contribution in [0.3, 0.4) is 0 Å². The zero-order valence-electron chi connectivity index (χ0n) is 10.5. The van der Waals surface area contributed by atoms with E-state index in [1.54, 1.807) is 26.2 Å². The molecule has 0 saturated carbocycles. The molecule has 1 N–H and O–H groups in total. The molecule has 1 aromatic heterocycles. The Balaban J connectivity index is 2.14. The van der Waals surface area contributed by atoms with E-state index in [2.05, 4.69) is 31.3 Å². The Hall–Kier alpha value is -1.89. The minimum atomic E-state index is -0.444. The van der Waals surface area contributed by atoms with Crippen LogP contribution in [0, 0.1) is 0 Å². The van der Waals surface area contributed by atoms with Gasteiger partial charge in [0.05, 0.1) is 12.8 Å². The standard InChI is InChI=1S/C12H13BrN4O2/c1-8(17-7-14-6-15-17)12(18)16-11-5-9(19-2)3-4-10(11)13/h3-8H,1-2H3,(H,16,18). The van der Waals surface area contributed by atoms with Gasteiger partial charge in [0, 0.05) is 10.5 Å². The lowest BCUT2D eigenvalue weighted by Gasteiger charge is -2.13. The van der Waals surface area contributed by atoms with Gasteiger partial charge in [0.15, 0.2) is 0 Å². The summed E-state index contributed by atoms with van der Waals surface area (Å²) in [5, 5.41) is 6.76. The van der Waals surface area contributed by atoms with Gasteiger partial charge in [-0.15, -0.1) is 0 Å². The molecule has 2 aromatic rings. The number of carbonyl (C=O) groups is 1. The molecule has 1 atom stereocenters. The van der Waals surface area contributed by atoms with Crippen molar-refractivity contribution in [3.05, 3.63) is 35.3 Å². The Labute approximate surface area is 118 Å². The second-order valence-electron chi connectivity index (χ2n) is 3.89. The van der Waals surface area contributed by atoms with E-state index in [1.807, 2.05) is 6.07 Å². The summed E-state index contributed by atoms with van der Waals surface area (Å²) in [6, 6.07) is 4.92. The lowest BCUT2D eigenvalue weighted by Crippen LogP contribution is -2.24. The number of ether oxygens (including phenoxy) is 1. The molecule has 7 heteroatoms. The number of anilines is 1. The van der Waals surface area contributed by atoms with Crippen molar-refractivity contribution in [1.29, 1.82) is 0 Å². The summed E-state index contributed by atoms with van der Waals surface area (Å²) in [5.41, 5.74) is 0.649. The van der Waals surface area contributed by atoms with Crippen LogP contribution in [0.15, 0.2) is 35.3 Å². The summed E-state index contributed by atoms with van der Waals surface area (Å²) in [6.07, 6.45) is 2.90. The Bertz CT molecular complexity index is 571. The number of nitrogens with zero attached hydrogens (tertiary/aromatic N) is 3. The third-order valence-corrected chi connectivity index (χ3v) is 3.34. The van der Waals surface area contributed by atoms with Crippen LogP contribution in [-0.4, -0.2) is 27.8 Å². The van der Waals surface area contributed by atoms with E-state index in [9.17, 15) is 4.79 Å². The predicted molar refractivity (Wildman–Crippen MR) is 74.1 cm³/mol. The van der Waals surface area contributed by atoms with Gasteiger partial charge >= 0.3 is 0 Å². The monoisotopic (exact) mass is 324 g/mol. The molecule has 1 heterocycles. The molecular formula is C12H13BrN4O2. The molecule has 0 saturated heterocycles. The SMILES string of the molecule is COc1ccc(Br)c(NC(=O)C(C)n2cncn2)c1. The maximum Gasteiger partial charge on any atom is 0.249 e. The average molecular weight is 325 g/mol. The highest BCUT2D eigenvalue weighted by Gasteiger charge is 2.16.